The number of fused-ring (bicyclic) bond motifs is 1. The lowest BCUT2D eigenvalue weighted by molar-refractivity contribution is 0.0607. The van der Waals surface area contributed by atoms with E-state index in [4.69, 9.17) is 27.4 Å². The molecule has 2 aliphatic rings. The van der Waals surface area contributed by atoms with Crippen molar-refractivity contribution >= 4 is 44.7 Å². The van der Waals surface area contributed by atoms with Gasteiger partial charge in [0.15, 0.2) is 5.65 Å². The molecule has 2 aromatic heterocycles. The summed E-state index contributed by atoms with van der Waals surface area (Å²) in [6, 6.07) is 6.37. The van der Waals surface area contributed by atoms with Gasteiger partial charge < -0.3 is 15.5 Å². The van der Waals surface area contributed by atoms with Crippen LogP contribution in [-0.2, 0) is 10.0 Å². The van der Waals surface area contributed by atoms with Crippen molar-refractivity contribution in [1.82, 2.24) is 19.5 Å². The second-order valence-electron chi connectivity index (χ2n) is 10.2. The fraction of sp³-hybridized carbons (Fsp3) is 0.480. The van der Waals surface area contributed by atoms with Gasteiger partial charge in [-0.05, 0) is 50.3 Å². The first-order valence-corrected chi connectivity index (χ1v) is 14.7. The molecule has 12 heteroatoms. The number of hydrogen-bond donors (Lipinski definition) is 2. The van der Waals surface area contributed by atoms with Crippen molar-refractivity contribution < 1.29 is 13.2 Å². The summed E-state index contributed by atoms with van der Waals surface area (Å²) in [5.41, 5.74) is 9.14. The van der Waals surface area contributed by atoms with Gasteiger partial charge in [0, 0.05) is 48.5 Å². The molecule has 0 saturated carbocycles. The Hall–Kier alpha value is -2.89. The minimum atomic E-state index is -3.58. The smallest absolute Gasteiger partial charge is 0.256 e. The second kappa shape index (κ2) is 9.77. The summed E-state index contributed by atoms with van der Waals surface area (Å²) < 4.78 is 28.0. The van der Waals surface area contributed by atoms with Crippen LogP contribution < -0.4 is 15.4 Å². The van der Waals surface area contributed by atoms with Crippen molar-refractivity contribution in [3.63, 3.8) is 0 Å². The molecule has 0 spiro atoms. The number of carbonyl (C=O) groups is 1. The number of benzene rings is 1. The van der Waals surface area contributed by atoms with Gasteiger partial charge in [-0.1, -0.05) is 18.5 Å². The molecule has 1 aromatic carbocycles. The first kappa shape index (κ1) is 25.7. The molecule has 0 unspecified atom stereocenters. The molecule has 5 rings (SSSR count). The number of rotatable bonds is 5. The van der Waals surface area contributed by atoms with Crippen molar-refractivity contribution in [1.29, 1.82) is 0 Å². The maximum absolute atomic E-state index is 13.8. The molecule has 2 saturated heterocycles. The highest BCUT2D eigenvalue weighted by Gasteiger charge is 2.33. The van der Waals surface area contributed by atoms with Crippen LogP contribution in [0.3, 0.4) is 0 Å². The molecule has 3 aromatic rings. The maximum Gasteiger partial charge on any atom is 0.256 e. The summed E-state index contributed by atoms with van der Waals surface area (Å²) in [4.78, 5) is 22.7. The van der Waals surface area contributed by atoms with E-state index < -0.39 is 10.0 Å². The summed E-state index contributed by atoms with van der Waals surface area (Å²) >= 11 is 6.20. The topological polar surface area (TPSA) is 126 Å². The lowest BCUT2D eigenvalue weighted by Crippen LogP contribution is -2.39. The lowest BCUT2D eigenvalue weighted by Gasteiger charge is -2.35. The molecule has 198 valence electrons. The standard InChI is InChI=1S/C25H32ClN7O3S/c1-15-12-31(14-19(15)27)24-16(2)13-33-23(28-24)11-21(29-33)22-6-4-5-9-32(22)25(34)18-10-17(26)7-8-20(18)30-37(3,35)36/h7-8,10-11,13,15,19,22,30H,4-6,9,12,14,27H2,1-3H3/t15-,19+,22+/m1/s1. The van der Waals surface area contributed by atoms with Crippen molar-refractivity contribution in [2.75, 3.05) is 35.5 Å². The normalized spacial score (nSPS) is 22.6. The minimum absolute atomic E-state index is 0.119. The van der Waals surface area contributed by atoms with Crippen LogP contribution in [0.25, 0.3) is 5.65 Å². The molecule has 0 aliphatic carbocycles. The molecule has 0 radical (unpaired) electrons. The van der Waals surface area contributed by atoms with E-state index in [0.29, 0.717) is 23.1 Å². The average molecular weight is 546 g/mol. The molecular weight excluding hydrogens is 514 g/mol. The van der Waals surface area contributed by atoms with Gasteiger partial charge in [-0.3, -0.25) is 9.52 Å². The Labute approximate surface area is 221 Å². The second-order valence-corrected chi connectivity index (χ2v) is 12.4. The van der Waals surface area contributed by atoms with E-state index in [1.54, 1.807) is 15.5 Å². The number of aromatic nitrogens is 3. The van der Waals surface area contributed by atoms with Crippen molar-refractivity contribution in [2.24, 2.45) is 11.7 Å². The van der Waals surface area contributed by atoms with E-state index in [2.05, 4.69) is 16.5 Å². The van der Waals surface area contributed by atoms with Crippen molar-refractivity contribution in [3.05, 3.63) is 52.3 Å². The Morgan fingerprint density at radius 1 is 1.22 bits per heavy atom. The van der Waals surface area contributed by atoms with E-state index in [1.807, 2.05) is 19.2 Å². The number of nitrogens with zero attached hydrogens (tertiary/aromatic N) is 5. The van der Waals surface area contributed by atoms with Gasteiger partial charge in [0.1, 0.15) is 5.82 Å². The summed E-state index contributed by atoms with van der Waals surface area (Å²) in [5.74, 6) is 1.01. The predicted octanol–water partition coefficient (Wildman–Crippen LogP) is 3.21. The Kier molecular flexibility index (Phi) is 6.80. The Morgan fingerprint density at radius 3 is 2.70 bits per heavy atom. The molecular formula is C25H32ClN7O3S. The Morgan fingerprint density at radius 2 is 2.00 bits per heavy atom. The average Bonchev–Trinajstić information content (AvgIpc) is 3.40. The molecule has 10 nitrogen and oxygen atoms in total. The Balaban J connectivity index is 1.48. The van der Waals surface area contributed by atoms with Crippen molar-refractivity contribution in [2.45, 2.75) is 45.2 Å². The predicted molar refractivity (Wildman–Crippen MR) is 145 cm³/mol. The monoisotopic (exact) mass is 545 g/mol. The third kappa shape index (κ3) is 5.25. The first-order chi connectivity index (χ1) is 17.5. The quantitative estimate of drug-likeness (QED) is 0.504. The maximum atomic E-state index is 13.8. The van der Waals surface area contributed by atoms with E-state index in [9.17, 15) is 13.2 Å². The highest BCUT2D eigenvalue weighted by Crippen LogP contribution is 2.34. The summed E-state index contributed by atoms with van der Waals surface area (Å²) in [7, 11) is -3.58. The zero-order valence-corrected chi connectivity index (χ0v) is 22.8. The number of piperidine rings is 1. The Bertz CT molecular complexity index is 1450. The zero-order valence-electron chi connectivity index (χ0n) is 21.2. The zero-order chi connectivity index (χ0) is 26.5. The number of carbonyl (C=O) groups excluding carboxylic acids is 1. The van der Waals surface area contributed by atoms with E-state index in [-0.39, 0.29) is 29.2 Å². The van der Waals surface area contributed by atoms with Crippen LogP contribution in [0.2, 0.25) is 5.02 Å². The molecule has 3 atom stereocenters. The number of sulfonamides is 1. The van der Waals surface area contributed by atoms with Crippen LogP contribution in [-0.4, -0.2) is 65.8 Å². The fourth-order valence-corrected chi connectivity index (χ4v) is 6.04. The molecule has 3 N–H and O–H groups in total. The largest absolute Gasteiger partial charge is 0.354 e. The van der Waals surface area contributed by atoms with Crippen LogP contribution in [0.15, 0.2) is 30.5 Å². The van der Waals surface area contributed by atoms with Gasteiger partial charge in [-0.25, -0.2) is 17.9 Å². The first-order valence-electron chi connectivity index (χ1n) is 12.5. The van der Waals surface area contributed by atoms with Crippen LogP contribution >= 0.6 is 11.6 Å². The van der Waals surface area contributed by atoms with Gasteiger partial charge >= 0.3 is 0 Å². The minimum Gasteiger partial charge on any atom is -0.354 e. The summed E-state index contributed by atoms with van der Waals surface area (Å²) in [6.07, 6.45) is 5.56. The highest BCUT2D eigenvalue weighted by molar-refractivity contribution is 7.92. The van der Waals surface area contributed by atoms with Gasteiger partial charge in [-0.2, -0.15) is 5.10 Å². The fourth-order valence-electron chi connectivity index (χ4n) is 5.29. The van der Waals surface area contributed by atoms with E-state index in [1.165, 1.54) is 12.1 Å². The summed E-state index contributed by atoms with van der Waals surface area (Å²) in [5, 5.41) is 5.15. The van der Waals surface area contributed by atoms with Gasteiger partial charge in [0.25, 0.3) is 5.91 Å². The third-order valence-corrected chi connectivity index (χ3v) is 8.03. The van der Waals surface area contributed by atoms with Crippen LogP contribution in [0.1, 0.15) is 53.8 Å². The molecule has 1 amide bonds. The highest BCUT2D eigenvalue weighted by atomic mass is 35.5. The molecule has 0 bridgehead atoms. The van der Waals surface area contributed by atoms with Gasteiger partial charge in [0.2, 0.25) is 10.0 Å². The number of amides is 1. The van der Waals surface area contributed by atoms with Gasteiger partial charge in [0.05, 0.1) is 29.2 Å². The van der Waals surface area contributed by atoms with Crippen LogP contribution in [0.5, 0.6) is 0 Å². The number of anilines is 2. The number of nitrogens with one attached hydrogen (secondary N) is 1. The van der Waals surface area contributed by atoms with Crippen LogP contribution in [0, 0.1) is 12.8 Å². The SMILES string of the molecule is Cc1cn2nc([C@@H]3CCCCN3C(=O)c3cc(Cl)ccc3NS(C)(=O)=O)cc2nc1N1C[C@@H](C)[C@@H](N)C1. The summed E-state index contributed by atoms with van der Waals surface area (Å²) in [6.45, 7) is 6.33. The van der Waals surface area contributed by atoms with E-state index >= 15 is 0 Å². The number of hydrogen-bond acceptors (Lipinski definition) is 7. The molecule has 4 heterocycles. The molecule has 2 aliphatic heterocycles. The number of halogens is 1. The number of nitrogens with two attached hydrogens (primary N) is 1. The van der Waals surface area contributed by atoms with Crippen LogP contribution in [0.4, 0.5) is 11.5 Å². The molecule has 2 fully saturated rings. The van der Waals surface area contributed by atoms with Crippen molar-refractivity contribution in [3.8, 4) is 0 Å². The number of likely N-dealkylation sites (tertiary alicyclic amines) is 1. The number of aryl methyl sites for hydroxylation is 1. The van der Waals surface area contributed by atoms with E-state index in [0.717, 1.165) is 55.7 Å². The third-order valence-electron chi connectivity index (χ3n) is 7.21. The van der Waals surface area contributed by atoms with Gasteiger partial charge in [-0.15, -0.1) is 0 Å². The lowest BCUT2D eigenvalue weighted by atomic mass is 9.98. The molecule has 37 heavy (non-hydrogen) atoms.